The maximum atomic E-state index is 12.0. The van der Waals surface area contributed by atoms with Gasteiger partial charge in [0.05, 0.1) is 12.1 Å². The van der Waals surface area contributed by atoms with Gasteiger partial charge in [0.25, 0.3) is 0 Å². The van der Waals surface area contributed by atoms with Crippen LogP contribution in [0.25, 0.3) is 0 Å². The number of hydrogen-bond donors (Lipinski definition) is 1. The van der Waals surface area contributed by atoms with Gasteiger partial charge in [-0.1, -0.05) is 23.7 Å². The molecule has 0 aliphatic rings. The van der Waals surface area contributed by atoms with Gasteiger partial charge in [0.2, 0.25) is 0 Å². The first kappa shape index (κ1) is 17.3. The molecule has 0 aromatic heterocycles. The van der Waals surface area contributed by atoms with Crippen LogP contribution in [0.15, 0.2) is 29.2 Å². The molecular formula is C15H22ClNO2S. The number of rotatable bonds is 7. The van der Waals surface area contributed by atoms with Crippen LogP contribution in [0, 0.1) is 0 Å². The number of nitrogens with one attached hydrogen (secondary N) is 1. The van der Waals surface area contributed by atoms with Crippen molar-refractivity contribution in [3.8, 4) is 0 Å². The number of ether oxygens (including phenoxy) is 1. The molecule has 1 aromatic rings. The lowest BCUT2D eigenvalue weighted by atomic mass is 9.98. The van der Waals surface area contributed by atoms with Gasteiger partial charge in [-0.2, -0.15) is 0 Å². The number of benzene rings is 1. The van der Waals surface area contributed by atoms with Crippen molar-refractivity contribution in [2.24, 2.45) is 0 Å². The Kier molecular flexibility index (Phi) is 6.86. The summed E-state index contributed by atoms with van der Waals surface area (Å²) in [6, 6.07) is 7.93. The number of carbonyl (C=O) groups excluding carboxylic acids is 1. The van der Waals surface area contributed by atoms with Gasteiger partial charge in [-0.05, 0) is 39.3 Å². The lowest BCUT2D eigenvalue weighted by molar-refractivity contribution is -0.148. The Morgan fingerprint density at radius 1 is 1.45 bits per heavy atom. The molecule has 1 atom stereocenters. The van der Waals surface area contributed by atoms with Crippen LogP contribution in [-0.4, -0.2) is 30.4 Å². The lowest BCUT2D eigenvalue weighted by Gasteiger charge is -2.30. The van der Waals surface area contributed by atoms with Gasteiger partial charge in [0.15, 0.2) is 0 Å². The van der Waals surface area contributed by atoms with E-state index in [0.717, 1.165) is 15.7 Å². The Labute approximate surface area is 130 Å². The molecule has 5 heteroatoms. The van der Waals surface area contributed by atoms with Crippen LogP contribution in [0.1, 0.15) is 27.2 Å². The summed E-state index contributed by atoms with van der Waals surface area (Å²) in [7, 11) is 1.42. The molecule has 1 N–H and O–H groups in total. The summed E-state index contributed by atoms with van der Waals surface area (Å²) in [6.07, 6.45) is 0.674. The Balaban J connectivity index is 2.63. The van der Waals surface area contributed by atoms with E-state index in [2.05, 4.69) is 5.32 Å². The fourth-order valence-corrected chi connectivity index (χ4v) is 3.43. The highest BCUT2D eigenvalue weighted by molar-refractivity contribution is 7.99. The molecule has 0 spiro atoms. The molecule has 1 rings (SSSR count). The smallest absolute Gasteiger partial charge is 0.325 e. The van der Waals surface area contributed by atoms with E-state index in [0.29, 0.717) is 6.42 Å². The van der Waals surface area contributed by atoms with Crippen molar-refractivity contribution in [3.05, 3.63) is 29.3 Å². The monoisotopic (exact) mass is 315 g/mol. The van der Waals surface area contributed by atoms with Crippen LogP contribution >= 0.6 is 23.4 Å². The second-order valence-electron chi connectivity index (χ2n) is 5.15. The molecule has 112 valence electrons. The minimum Gasteiger partial charge on any atom is -0.468 e. The highest BCUT2D eigenvalue weighted by Crippen LogP contribution is 2.28. The third-order valence-corrected chi connectivity index (χ3v) is 4.46. The van der Waals surface area contributed by atoms with Gasteiger partial charge in [-0.3, -0.25) is 10.1 Å². The molecule has 0 saturated heterocycles. The predicted octanol–water partition coefficient (Wildman–Crippen LogP) is 3.75. The highest BCUT2D eigenvalue weighted by Gasteiger charge is 2.34. The number of esters is 1. The number of halogens is 1. The molecule has 1 unspecified atom stereocenters. The van der Waals surface area contributed by atoms with Crippen LogP contribution in [0.4, 0.5) is 0 Å². The van der Waals surface area contributed by atoms with Crippen molar-refractivity contribution < 1.29 is 9.53 Å². The molecule has 0 amide bonds. The summed E-state index contributed by atoms with van der Waals surface area (Å²) in [5, 5.41) is 4.03. The van der Waals surface area contributed by atoms with Crippen molar-refractivity contribution in [2.45, 2.75) is 43.7 Å². The van der Waals surface area contributed by atoms with Gasteiger partial charge in [-0.15, -0.1) is 11.8 Å². The van der Waals surface area contributed by atoms with E-state index in [1.54, 1.807) is 11.8 Å². The van der Waals surface area contributed by atoms with E-state index in [4.69, 9.17) is 16.3 Å². The lowest BCUT2D eigenvalue weighted by Crippen LogP contribution is -2.53. The molecule has 20 heavy (non-hydrogen) atoms. The summed E-state index contributed by atoms with van der Waals surface area (Å²) < 4.78 is 4.91. The SMILES string of the molecule is COC(=O)C(C)(CCSc1ccccc1Cl)NC(C)C. The number of methoxy groups -OCH3 is 1. The average molecular weight is 316 g/mol. The summed E-state index contributed by atoms with van der Waals surface area (Å²) in [5.74, 6) is 0.556. The molecule has 0 bridgehead atoms. The van der Waals surface area contributed by atoms with E-state index in [1.165, 1.54) is 7.11 Å². The molecule has 0 aliphatic heterocycles. The molecule has 0 fully saturated rings. The normalized spacial score (nSPS) is 14.1. The first-order valence-corrected chi connectivity index (χ1v) is 7.99. The number of carbonyl (C=O) groups is 1. The molecule has 0 saturated carbocycles. The zero-order valence-corrected chi connectivity index (χ0v) is 14.0. The number of thioether (sulfide) groups is 1. The minimum absolute atomic E-state index is 0.212. The van der Waals surface area contributed by atoms with E-state index in [-0.39, 0.29) is 12.0 Å². The molecule has 3 nitrogen and oxygen atoms in total. The van der Waals surface area contributed by atoms with Gasteiger partial charge < -0.3 is 4.74 Å². The molecular weight excluding hydrogens is 294 g/mol. The fourth-order valence-electron chi connectivity index (χ4n) is 2.02. The molecule has 0 aliphatic carbocycles. The maximum Gasteiger partial charge on any atom is 0.325 e. The Bertz CT molecular complexity index is 453. The molecule has 0 heterocycles. The van der Waals surface area contributed by atoms with Crippen molar-refractivity contribution in [3.63, 3.8) is 0 Å². The fraction of sp³-hybridized carbons (Fsp3) is 0.533. The average Bonchev–Trinajstić information content (AvgIpc) is 2.39. The second kappa shape index (κ2) is 7.91. The van der Waals surface area contributed by atoms with Gasteiger partial charge in [0, 0.05) is 16.7 Å². The van der Waals surface area contributed by atoms with Crippen LogP contribution < -0.4 is 5.32 Å². The largest absolute Gasteiger partial charge is 0.468 e. The van der Waals surface area contributed by atoms with Crippen LogP contribution in [0.3, 0.4) is 0 Å². The van der Waals surface area contributed by atoms with E-state index in [9.17, 15) is 4.79 Å². The quantitative estimate of drug-likeness (QED) is 0.614. The zero-order chi connectivity index (χ0) is 15.2. The van der Waals surface area contributed by atoms with E-state index < -0.39 is 5.54 Å². The van der Waals surface area contributed by atoms with Crippen LogP contribution in [0.5, 0.6) is 0 Å². The van der Waals surface area contributed by atoms with Gasteiger partial charge in [0.1, 0.15) is 5.54 Å². The predicted molar refractivity (Wildman–Crippen MR) is 85.5 cm³/mol. The summed E-state index contributed by atoms with van der Waals surface area (Å²) >= 11 is 7.77. The topological polar surface area (TPSA) is 38.3 Å². The van der Waals surface area contributed by atoms with Crippen molar-refractivity contribution >= 4 is 29.3 Å². The van der Waals surface area contributed by atoms with Crippen molar-refractivity contribution in [1.29, 1.82) is 0 Å². The minimum atomic E-state index is -0.669. The Morgan fingerprint density at radius 2 is 2.10 bits per heavy atom. The van der Waals surface area contributed by atoms with Gasteiger partial charge in [-0.25, -0.2) is 0 Å². The molecule has 0 radical (unpaired) electrons. The van der Waals surface area contributed by atoms with Crippen LogP contribution in [0.2, 0.25) is 5.02 Å². The summed E-state index contributed by atoms with van der Waals surface area (Å²) in [4.78, 5) is 13.0. The first-order valence-electron chi connectivity index (χ1n) is 6.62. The van der Waals surface area contributed by atoms with Crippen molar-refractivity contribution in [1.82, 2.24) is 5.32 Å². The van der Waals surface area contributed by atoms with E-state index >= 15 is 0 Å². The standard InChI is InChI=1S/C15H22ClNO2S/c1-11(2)17-15(3,14(18)19-4)9-10-20-13-8-6-5-7-12(13)16/h5-8,11,17H,9-10H2,1-4H3. The van der Waals surface area contributed by atoms with Crippen molar-refractivity contribution in [2.75, 3.05) is 12.9 Å². The summed E-state index contributed by atoms with van der Waals surface area (Å²) in [6.45, 7) is 5.91. The Morgan fingerprint density at radius 3 is 2.65 bits per heavy atom. The van der Waals surface area contributed by atoms with Crippen LogP contribution in [-0.2, 0) is 9.53 Å². The molecule has 1 aromatic carbocycles. The second-order valence-corrected chi connectivity index (χ2v) is 6.70. The first-order chi connectivity index (χ1) is 9.39. The summed E-state index contributed by atoms with van der Waals surface area (Å²) in [5.41, 5.74) is -0.669. The number of hydrogen-bond acceptors (Lipinski definition) is 4. The zero-order valence-electron chi connectivity index (χ0n) is 12.4. The maximum absolute atomic E-state index is 12.0. The van der Waals surface area contributed by atoms with Gasteiger partial charge >= 0.3 is 5.97 Å². The highest BCUT2D eigenvalue weighted by atomic mass is 35.5. The third-order valence-electron chi connectivity index (χ3n) is 2.94. The third kappa shape index (κ3) is 5.00. The van der Waals surface area contributed by atoms with E-state index in [1.807, 2.05) is 45.0 Å². The Hall–Kier alpha value is -0.710.